The summed E-state index contributed by atoms with van der Waals surface area (Å²) in [7, 11) is 0. The van der Waals surface area contributed by atoms with E-state index in [0.29, 0.717) is 6.54 Å². The Kier molecular flexibility index (Phi) is 5.50. The molecular formula is C22H27N5O3. The van der Waals surface area contributed by atoms with Gasteiger partial charge in [0.15, 0.2) is 11.4 Å². The molecule has 0 bridgehead atoms. The molecule has 0 unspecified atom stereocenters. The summed E-state index contributed by atoms with van der Waals surface area (Å²) in [5, 5.41) is 4.12. The Balaban J connectivity index is 1.19. The number of nitrogens with one attached hydrogen (secondary N) is 1. The zero-order valence-corrected chi connectivity index (χ0v) is 17.0. The van der Waals surface area contributed by atoms with E-state index < -0.39 is 0 Å². The Morgan fingerprint density at radius 3 is 2.73 bits per heavy atom. The third kappa shape index (κ3) is 3.85. The van der Waals surface area contributed by atoms with E-state index in [9.17, 15) is 4.79 Å². The molecule has 2 aliphatic heterocycles. The van der Waals surface area contributed by atoms with Crippen LogP contribution in [0.3, 0.4) is 0 Å². The lowest BCUT2D eigenvalue weighted by Gasteiger charge is -2.32. The SMILES string of the molecule is O=C(NCCN1CCOCC1)C1CCN(c2ncnc3c2oc2ccccc23)CC1. The first-order chi connectivity index (χ1) is 14.8. The van der Waals surface area contributed by atoms with Gasteiger partial charge in [-0.3, -0.25) is 9.69 Å². The number of piperidine rings is 1. The fraction of sp³-hybridized carbons (Fsp3) is 0.500. The van der Waals surface area contributed by atoms with Crippen LogP contribution in [0.1, 0.15) is 12.8 Å². The molecule has 1 N–H and O–H groups in total. The van der Waals surface area contributed by atoms with Crippen molar-refractivity contribution in [1.82, 2.24) is 20.2 Å². The smallest absolute Gasteiger partial charge is 0.223 e. The van der Waals surface area contributed by atoms with E-state index in [1.807, 2.05) is 24.3 Å². The van der Waals surface area contributed by atoms with Crippen LogP contribution in [0.2, 0.25) is 0 Å². The zero-order valence-electron chi connectivity index (χ0n) is 17.0. The molecule has 2 fully saturated rings. The number of nitrogens with zero attached hydrogens (tertiary/aromatic N) is 4. The molecule has 0 aliphatic carbocycles. The van der Waals surface area contributed by atoms with Crippen molar-refractivity contribution in [3.8, 4) is 0 Å². The van der Waals surface area contributed by atoms with Crippen LogP contribution in [0.4, 0.5) is 5.82 Å². The van der Waals surface area contributed by atoms with Crippen LogP contribution < -0.4 is 10.2 Å². The van der Waals surface area contributed by atoms with E-state index in [1.165, 1.54) is 0 Å². The fourth-order valence-corrected chi connectivity index (χ4v) is 4.40. The van der Waals surface area contributed by atoms with Gasteiger partial charge in [-0.1, -0.05) is 12.1 Å². The summed E-state index contributed by atoms with van der Waals surface area (Å²) in [5.74, 6) is 1.04. The van der Waals surface area contributed by atoms with Gasteiger partial charge in [-0.05, 0) is 25.0 Å². The summed E-state index contributed by atoms with van der Waals surface area (Å²) < 4.78 is 11.4. The lowest BCUT2D eigenvalue weighted by atomic mass is 9.96. The molecule has 0 radical (unpaired) electrons. The predicted molar refractivity (Wildman–Crippen MR) is 115 cm³/mol. The van der Waals surface area contributed by atoms with Gasteiger partial charge in [0.05, 0.1) is 13.2 Å². The Labute approximate surface area is 175 Å². The van der Waals surface area contributed by atoms with Crippen LogP contribution >= 0.6 is 0 Å². The first-order valence-electron chi connectivity index (χ1n) is 10.7. The maximum atomic E-state index is 12.6. The first-order valence-corrected chi connectivity index (χ1v) is 10.7. The lowest BCUT2D eigenvalue weighted by Crippen LogP contribution is -2.44. The number of carbonyl (C=O) groups is 1. The molecule has 1 amide bonds. The number of benzene rings is 1. The van der Waals surface area contributed by atoms with E-state index in [0.717, 1.165) is 86.7 Å². The van der Waals surface area contributed by atoms with Gasteiger partial charge in [0.25, 0.3) is 0 Å². The Morgan fingerprint density at radius 1 is 1.10 bits per heavy atom. The highest BCUT2D eigenvalue weighted by molar-refractivity contribution is 6.05. The highest BCUT2D eigenvalue weighted by Gasteiger charge is 2.27. The van der Waals surface area contributed by atoms with Crippen molar-refractivity contribution in [2.45, 2.75) is 12.8 Å². The van der Waals surface area contributed by atoms with Crippen molar-refractivity contribution < 1.29 is 13.9 Å². The second-order valence-corrected chi connectivity index (χ2v) is 7.98. The van der Waals surface area contributed by atoms with E-state index in [-0.39, 0.29) is 11.8 Å². The minimum Gasteiger partial charge on any atom is -0.450 e. The van der Waals surface area contributed by atoms with Gasteiger partial charge in [0.2, 0.25) is 5.91 Å². The van der Waals surface area contributed by atoms with Gasteiger partial charge >= 0.3 is 0 Å². The van der Waals surface area contributed by atoms with Crippen molar-refractivity contribution in [1.29, 1.82) is 0 Å². The number of aromatic nitrogens is 2. The molecule has 0 spiro atoms. The maximum absolute atomic E-state index is 12.6. The van der Waals surface area contributed by atoms with Crippen LogP contribution in [-0.4, -0.2) is 73.3 Å². The van der Waals surface area contributed by atoms with Crippen LogP contribution in [0, 0.1) is 5.92 Å². The third-order valence-electron chi connectivity index (χ3n) is 6.14. The molecule has 0 saturated carbocycles. The molecule has 2 aromatic heterocycles. The molecule has 158 valence electrons. The number of ether oxygens (including phenoxy) is 1. The summed E-state index contributed by atoms with van der Waals surface area (Å²) in [6.07, 6.45) is 3.23. The summed E-state index contributed by atoms with van der Waals surface area (Å²) >= 11 is 0. The molecule has 30 heavy (non-hydrogen) atoms. The summed E-state index contributed by atoms with van der Waals surface area (Å²) in [5.41, 5.74) is 2.40. The van der Waals surface area contributed by atoms with Crippen molar-refractivity contribution in [3.63, 3.8) is 0 Å². The molecule has 4 heterocycles. The molecule has 0 atom stereocenters. The van der Waals surface area contributed by atoms with Gasteiger partial charge in [0, 0.05) is 50.6 Å². The first kappa shape index (κ1) is 19.3. The second-order valence-electron chi connectivity index (χ2n) is 7.98. The molecule has 8 heteroatoms. The fourth-order valence-electron chi connectivity index (χ4n) is 4.40. The highest BCUT2D eigenvalue weighted by atomic mass is 16.5. The van der Waals surface area contributed by atoms with Gasteiger partial charge in [-0.25, -0.2) is 9.97 Å². The number of carbonyl (C=O) groups excluding carboxylic acids is 1. The average Bonchev–Trinajstić information content (AvgIpc) is 3.19. The Bertz CT molecular complexity index is 1020. The van der Waals surface area contributed by atoms with Gasteiger partial charge in [-0.2, -0.15) is 0 Å². The van der Waals surface area contributed by atoms with Gasteiger partial charge in [0.1, 0.15) is 17.4 Å². The average molecular weight is 409 g/mol. The number of morpholine rings is 1. The number of anilines is 1. The normalized spacial score (nSPS) is 18.9. The molecule has 3 aromatic rings. The number of fused-ring (bicyclic) bond motifs is 3. The minimum absolute atomic E-state index is 0.0546. The van der Waals surface area contributed by atoms with E-state index in [4.69, 9.17) is 9.15 Å². The number of hydrogen-bond donors (Lipinski definition) is 1. The quantitative estimate of drug-likeness (QED) is 0.690. The predicted octanol–water partition coefficient (Wildman–Crippen LogP) is 2.04. The Hall–Kier alpha value is -2.71. The second kappa shape index (κ2) is 8.57. The van der Waals surface area contributed by atoms with Crippen molar-refractivity contribution in [2.75, 3.05) is 57.4 Å². The van der Waals surface area contributed by atoms with Crippen LogP contribution in [0.15, 0.2) is 35.0 Å². The molecule has 5 rings (SSSR count). The summed E-state index contributed by atoms with van der Waals surface area (Å²) in [6.45, 7) is 6.62. The van der Waals surface area contributed by atoms with E-state index in [2.05, 4.69) is 25.1 Å². The number of furan rings is 1. The number of para-hydroxylation sites is 1. The van der Waals surface area contributed by atoms with Crippen molar-refractivity contribution in [2.24, 2.45) is 5.92 Å². The molecule has 2 saturated heterocycles. The third-order valence-corrected chi connectivity index (χ3v) is 6.14. The largest absolute Gasteiger partial charge is 0.450 e. The standard InChI is InChI=1S/C22H27N5O3/c28-22(23-7-10-26-11-13-29-14-12-26)16-5-8-27(9-6-16)21-20-19(24-15-25-21)17-3-1-2-4-18(17)30-20/h1-4,15-16H,5-14H2,(H,23,28). The number of amides is 1. The van der Waals surface area contributed by atoms with Crippen molar-refractivity contribution in [3.05, 3.63) is 30.6 Å². The van der Waals surface area contributed by atoms with E-state index in [1.54, 1.807) is 6.33 Å². The van der Waals surface area contributed by atoms with Crippen molar-refractivity contribution >= 4 is 33.8 Å². The number of hydrogen-bond acceptors (Lipinski definition) is 7. The maximum Gasteiger partial charge on any atom is 0.223 e. The minimum atomic E-state index is 0.0546. The number of rotatable bonds is 5. The summed E-state index contributed by atoms with van der Waals surface area (Å²) in [4.78, 5) is 26.1. The van der Waals surface area contributed by atoms with Gasteiger partial charge in [-0.15, -0.1) is 0 Å². The van der Waals surface area contributed by atoms with Crippen LogP contribution in [0.5, 0.6) is 0 Å². The molecular weight excluding hydrogens is 382 g/mol. The highest BCUT2D eigenvalue weighted by Crippen LogP contribution is 2.33. The topological polar surface area (TPSA) is 83.7 Å². The molecule has 2 aliphatic rings. The van der Waals surface area contributed by atoms with Crippen LogP contribution in [-0.2, 0) is 9.53 Å². The van der Waals surface area contributed by atoms with Gasteiger partial charge < -0.3 is 19.4 Å². The summed E-state index contributed by atoms with van der Waals surface area (Å²) in [6, 6.07) is 7.92. The Morgan fingerprint density at radius 2 is 1.90 bits per heavy atom. The monoisotopic (exact) mass is 409 g/mol. The van der Waals surface area contributed by atoms with E-state index >= 15 is 0 Å². The zero-order chi connectivity index (χ0) is 20.3. The molecule has 8 nitrogen and oxygen atoms in total. The van der Waals surface area contributed by atoms with Crippen LogP contribution in [0.25, 0.3) is 22.1 Å². The lowest BCUT2D eigenvalue weighted by molar-refractivity contribution is -0.125. The molecule has 1 aromatic carbocycles.